The van der Waals surface area contributed by atoms with Gasteiger partial charge in [-0.15, -0.1) is 0 Å². The van der Waals surface area contributed by atoms with Crippen LogP contribution in [0.5, 0.6) is 0 Å². The number of nitrogens with one attached hydrogen (secondary N) is 1. The first-order valence-corrected chi connectivity index (χ1v) is 8.48. The largest absolute Gasteiger partial charge is 0.451 e. The molecule has 0 saturated carbocycles. The van der Waals surface area contributed by atoms with Gasteiger partial charge < -0.3 is 14.3 Å². The number of aryl methyl sites for hydroxylation is 3. The summed E-state index contributed by atoms with van der Waals surface area (Å²) in [6, 6.07) is 9.35. The summed E-state index contributed by atoms with van der Waals surface area (Å²) in [6.45, 7) is 3.64. The molecule has 132 valence electrons. The van der Waals surface area contributed by atoms with Gasteiger partial charge in [-0.05, 0) is 31.5 Å². The molecule has 0 unspecified atom stereocenters. The lowest BCUT2D eigenvalue weighted by Crippen LogP contribution is -2.12. The lowest BCUT2D eigenvalue weighted by atomic mass is 10.2. The highest BCUT2D eigenvalue weighted by Gasteiger charge is 2.13. The zero-order valence-corrected chi connectivity index (χ0v) is 14.4. The third-order valence-electron chi connectivity index (χ3n) is 4.14. The summed E-state index contributed by atoms with van der Waals surface area (Å²) in [5.74, 6) is 0.483. The van der Waals surface area contributed by atoms with Gasteiger partial charge in [0.25, 0.3) is 5.91 Å². The normalized spacial score (nSPS) is 11.1. The van der Waals surface area contributed by atoms with Crippen LogP contribution in [0.4, 0.5) is 5.82 Å². The van der Waals surface area contributed by atoms with Crippen LogP contribution in [0.15, 0.2) is 59.7 Å². The minimum Gasteiger partial charge on any atom is -0.451 e. The van der Waals surface area contributed by atoms with Crippen molar-refractivity contribution in [3.05, 3.63) is 66.6 Å². The fourth-order valence-corrected chi connectivity index (χ4v) is 2.84. The Kier molecular flexibility index (Phi) is 4.27. The van der Waals surface area contributed by atoms with Crippen LogP contribution in [0.2, 0.25) is 0 Å². The Balaban J connectivity index is 1.37. The first-order chi connectivity index (χ1) is 12.7. The van der Waals surface area contributed by atoms with Gasteiger partial charge in [-0.2, -0.15) is 5.10 Å². The van der Waals surface area contributed by atoms with Gasteiger partial charge in [0.15, 0.2) is 11.6 Å². The van der Waals surface area contributed by atoms with Crippen molar-refractivity contribution in [2.75, 3.05) is 5.32 Å². The molecule has 0 bridgehead atoms. The van der Waals surface area contributed by atoms with Crippen molar-refractivity contribution in [2.45, 2.75) is 26.4 Å². The van der Waals surface area contributed by atoms with Crippen LogP contribution >= 0.6 is 0 Å². The van der Waals surface area contributed by atoms with E-state index in [1.807, 2.05) is 46.8 Å². The van der Waals surface area contributed by atoms with E-state index in [1.165, 1.54) is 0 Å². The van der Waals surface area contributed by atoms with Crippen molar-refractivity contribution >= 4 is 22.7 Å². The Bertz CT molecular complexity index is 1030. The molecule has 4 aromatic rings. The predicted molar refractivity (Wildman–Crippen MR) is 98.0 cm³/mol. The Hall–Kier alpha value is -3.35. The van der Waals surface area contributed by atoms with Gasteiger partial charge >= 0.3 is 0 Å². The van der Waals surface area contributed by atoms with Crippen molar-refractivity contribution in [1.29, 1.82) is 0 Å². The second kappa shape index (κ2) is 6.87. The third kappa shape index (κ3) is 3.51. The van der Waals surface area contributed by atoms with E-state index >= 15 is 0 Å². The number of hydrogen-bond donors (Lipinski definition) is 1. The number of aromatic nitrogens is 4. The maximum atomic E-state index is 12.4. The van der Waals surface area contributed by atoms with Gasteiger partial charge in [0.05, 0.1) is 6.33 Å². The van der Waals surface area contributed by atoms with Crippen LogP contribution in [-0.4, -0.2) is 25.2 Å². The average Bonchev–Trinajstić information content (AvgIpc) is 3.35. The molecule has 0 radical (unpaired) electrons. The first-order valence-electron chi connectivity index (χ1n) is 8.48. The van der Waals surface area contributed by atoms with Crippen molar-refractivity contribution < 1.29 is 9.21 Å². The summed E-state index contributed by atoms with van der Waals surface area (Å²) in [4.78, 5) is 16.4. The smallest absolute Gasteiger partial charge is 0.292 e. The predicted octanol–water partition coefficient (Wildman–Crippen LogP) is 3.48. The quantitative estimate of drug-likeness (QED) is 0.578. The van der Waals surface area contributed by atoms with E-state index in [9.17, 15) is 4.79 Å². The number of imidazole rings is 1. The van der Waals surface area contributed by atoms with E-state index in [2.05, 4.69) is 15.4 Å². The molecule has 1 aromatic carbocycles. The molecule has 0 aliphatic carbocycles. The molecule has 26 heavy (non-hydrogen) atoms. The zero-order chi connectivity index (χ0) is 17.9. The zero-order valence-electron chi connectivity index (χ0n) is 14.4. The average molecular weight is 349 g/mol. The van der Waals surface area contributed by atoms with E-state index in [4.69, 9.17) is 4.42 Å². The molecule has 0 saturated heterocycles. The SMILES string of the molecule is Cc1ccc2oc(C(=O)Nc3ccn(CCCn4ccnc4)n3)cc2c1. The highest BCUT2D eigenvalue weighted by Crippen LogP contribution is 2.21. The summed E-state index contributed by atoms with van der Waals surface area (Å²) >= 11 is 0. The summed E-state index contributed by atoms with van der Waals surface area (Å²) in [5.41, 5.74) is 1.82. The molecule has 7 nitrogen and oxygen atoms in total. The number of hydrogen-bond acceptors (Lipinski definition) is 4. The van der Waals surface area contributed by atoms with Crippen molar-refractivity contribution in [3.8, 4) is 0 Å². The molecule has 3 heterocycles. The second-order valence-corrected chi connectivity index (χ2v) is 6.22. The molecular formula is C19H19N5O2. The Morgan fingerprint density at radius 3 is 2.96 bits per heavy atom. The summed E-state index contributed by atoms with van der Waals surface area (Å²) in [6.07, 6.45) is 8.27. The summed E-state index contributed by atoms with van der Waals surface area (Å²) in [5, 5.41) is 8.08. The molecule has 3 aromatic heterocycles. The molecule has 4 rings (SSSR count). The van der Waals surface area contributed by atoms with Gasteiger partial charge in [0.2, 0.25) is 0 Å². The Morgan fingerprint density at radius 2 is 2.12 bits per heavy atom. The van der Waals surface area contributed by atoms with Crippen LogP contribution in [0, 0.1) is 6.92 Å². The molecule has 7 heteroatoms. The number of nitrogens with zero attached hydrogens (tertiary/aromatic N) is 4. The Labute approximate surface area is 150 Å². The second-order valence-electron chi connectivity index (χ2n) is 6.22. The van der Waals surface area contributed by atoms with E-state index < -0.39 is 0 Å². The first kappa shape index (κ1) is 16.1. The van der Waals surface area contributed by atoms with Crippen molar-refractivity contribution in [1.82, 2.24) is 19.3 Å². The van der Waals surface area contributed by atoms with Crippen LogP contribution in [0.25, 0.3) is 11.0 Å². The van der Waals surface area contributed by atoms with Gasteiger partial charge in [-0.3, -0.25) is 9.48 Å². The molecule has 0 spiro atoms. The van der Waals surface area contributed by atoms with E-state index in [0.29, 0.717) is 11.4 Å². The number of furan rings is 1. The minimum absolute atomic E-state index is 0.278. The molecule has 1 N–H and O–H groups in total. The van der Waals surface area contributed by atoms with Crippen LogP contribution in [0.1, 0.15) is 22.5 Å². The highest BCUT2D eigenvalue weighted by molar-refractivity contribution is 6.04. The fourth-order valence-electron chi connectivity index (χ4n) is 2.84. The van der Waals surface area contributed by atoms with Gasteiger partial charge in [-0.25, -0.2) is 4.98 Å². The molecule has 1 amide bonds. The van der Waals surface area contributed by atoms with Crippen LogP contribution in [-0.2, 0) is 13.1 Å². The number of carbonyl (C=O) groups excluding carboxylic acids is 1. The topological polar surface area (TPSA) is 77.9 Å². The van der Waals surface area contributed by atoms with Gasteiger partial charge in [0.1, 0.15) is 5.58 Å². The monoisotopic (exact) mass is 349 g/mol. The molecular weight excluding hydrogens is 330 g/mol. The number of amides is 1. The number of rotatable bonds is 6. The Morgan fingerprint density at radius 1 is 1.19 bits per heavy atom. The minimum atomic E-state index is -0.303. The lowest BCUT2D eigenvalue weighted by Gasteiger charge is -2.03. The molecule has 0 fully saturated rings. The van der Waals surface area contributed by atoms with E-state index in [0.717, 1.165) is 30.5 Å². The van der Waals surface area contributed by atoms with Crippen LogP contribution < -0.4 is 5.32 Å². The molecule has 0 aliphatic rings. The van der Waals surface area contributed by atoms with E-state index in [1.54, 1.807) is 24.7 Å². The van der Waals surface area contributed by atoms with E-state index in [-0.39, 0.29) is 11.7 Å². The highest BCUT2D eigenvalue weighted by atomic mass is 16.3. The number of carbonyl (C=O) groups is 1. The molecule has 0 aliphatic heterocycles. The van der Waals surface area contributed by atoms with Gasteiger partial charge in [0, 0.05) is 43.1 Å². The number of anilines is 1. The maximum absolute atomic E-state index is 12.4. The van der Waals surface area contributed by atoms with Crippen LogP contribution in [0.3, 0.4) is 0 Å². The summed E-state index contributed by atoms with van der Waals surface area (Å²) in [7, 11) is 0. The standard InChI is InChI=1S/C19H19N5O2/c1-14-3-4-16-15(11-14)12-17(26-16)19(25)21-18-5-9-24(22-18)8-2-7-23-10-6-20-13-23/h3-6,9-13H,2,7-8H2,1H3,(H,21,22,25). The van der Waals surface area contributed by atoms with Crippen molar-refractivity contribution in [2.24, 2.45) is 0 Å². The third-order valence-corrected chi connectivity index (χ3v) is 4.14. The van der Waals surface area contributed by atoms with Crippen molar-refractivity contribution in [3.63, 3.8) is 0 Å². The molecule has 0 atom stereocenters. The maximum Gasteiger partial charge on any atom is 0.292 e. The number of fused-ring (bicyclic) bond motifs is 1. The van der Waals surface area contributed by atoms with Gasteiger partial charge in [-0.1, -0.05) is 11.6 Å². The lowest BCUT2D eigenvalue weighted by molar-refractivity contribution is 0.0998. The fraction of sp³-hybridized carbons (Fsp3) is 0.211. The summed E-state index contributed by atoms with van der Waals surface area (Å²) < 4.78 is 9.45. The number of benzene rings is 1.